The number of benzene rings is 1. The summed E-state index contributed by atoms with van der Waals surface area (Å²) in [5.74, 6) is -0.878. The van der Waals surface area contributed by atoms with Crippen LogP contribution in [-0.2, 0) is 23.5 Å². The molecule has 0 aromatic heterocycles. The molecule has 0 bridgehead atoms. The summed E-state index contributed by atoms with van der Waals surface area (Å²) in [7, 11) is 5.17. The number of fused-ring (bicyclic) bond motifs is 1. The van der Waals surface area contributed by atoms with E-state index >= 15 is 0 Å². The molecule has 35 heavy (non-hydrogen) atoms. The highest BCUT2D eigenvalue weighted by Crippen LogP contribution is 2.55. The number of hydrogen-bond donors (Lipinski definition) is 1. The molecule has 1 N–H and O–H groups in total. The fourth-order valence-electron chi connectivity index (χ4n) is 4.27. The molecule has 198 valence electrons. The first-order valence-electron chi connectivity index (χ1n) is 11.7. The Morgan fingerprint density at radius 3 is 1.86 bits per heavy atom. The Kier molecular flexibility index (Phi) is 9.10. The summed E-state index contributed by atoms with van der Waals surface area (Å²) in [5, 5.41) is 3.50. The average Bonchev–Trinajstić information content (AvgIpc) is 3.16. The second-order valence-electron chi connectivity index (χ2n) is 10.3. The highest BCUT2D eigenvalue weighted by Gasteiger charge is 2.45. The van der Waals surface area contributed by atoms with Crippen molar-refractivity contribution in [3.8, 4) is 17.2 Å². The van der Waals surface area contributed by atoms with Crippen molar-refractivity contribution in [1.82, 2.24) is 0 Å². The predicted octanol–water partition coefficient (Wildman–Crippen LogP) is 4.27. The van der Waals surface area contributed by atoms with Gasteiger partial charge >= 0.3 is 11.9 Å². The number of esters is 2. The number of carbonyl (C=O) groups excluding carboxylic acids is 2. The first-order chi connectivity index (χ1) is 16.3. The normalized spacial score (nSPS) is 17.5. The van der Waals surface area contributed by atoms with Gasteiger partial charge in [0.05, 0.1) is 41.2 Å². The van der Waals surface area contributed by atoms with Crippen LogP contribution >= 0.6 is 0 Å². The summed E-state index contributed by atoms with van der Waals surface area (Å²) >= 11 is 0. The van der Waals surface area contributed by atoms with Gasteiger partial charge in [0.1, 0.15) is 5.75 Å². The third-order valence-electron chi connectivity index (χ3n) is 7.32. The Morgan fingerprint density at radius 2 is 1.43 bits per heavy atom. The van der Waals surface area contributed by atoms with Crippen molar-refractivity contribution < 1.29 is 37.7 Å². The zero-order chi connectivity index (χ0) is 26.7. The van der Waals surface area contributed by atoms with E-state index in [1.807, 2.05) is 6.92 Å². The van der Waals surface area contributed by atoms with E-state index in [0.717, 1.165) is 16.8 Å². The smallest absolute Gasteiger partial charge is 0.320 e. The first kappa shape index (κ1) is 28.8. The number of carbonyl (C=O) groups is 2. The zero-order valence-corrected chi connectivity index (χ0v) is 23.9. The monoisotopic (exact) mass is 511 g/mol. The maximum atomic E-state index is 12.5. The van der Waals surface area contributed by atoms with Gasteiger partial charge in [0, 0.05) is 29.7 Å². The fraction of sp³-hybridized carbons (Fsp3) is 0.680. The number of nitrogens with one attached hydrogen (secondary N) is 1. The lowest BCUT2D eigenvalue weighted by molar-refractivity contribution is -0.159. The topological polar surface area (TPSA) is 102 Å². The van der Waals surface area contributed by atoms with Crippen LogP contribution in [0.15, 0.2) is 0 Å². The Balaban J connectivity index is 2.65. The summed E-state index contributed by atoms with van der Waals surface area (Å²) in [5.41, 5.74) is 2.36. The SMILES string of the molecule is COC(=O)C(CC1Nc2c(OC)c(C)c(OC)c(OC)c2C1CO[Si](C)(C)C(C)(C)C)C(=O)OC. The van der Waals surface area contributed by atoms with Crippen molar-refractivity contribution in [2.24, 2.45) is 5.92 Å². The molecule has 1 aromatic rings. The molecule has 10 heteroatoms. The van der Waals surface area contributed by atoms with Crippen molar-refractivity contribution in [3.05, 3.63) is 11.1 Å². The summed E-state index contributed by atoms with van der Waals surface area (Å²) in [6.45, 7) is 13.2. The van der Waals surface area contributed by atoms with Crippen LogP contribution in [0.1, 0.15) is 44.2 Å². The van der Waals surface area contributed by atoms with E-state index in [-0.39, 0.29) is 23.4 Å². The molecular formula is C25H41NO8Si. The number of methoxy groups -OCH3 is 5. The van der Waals surface area contributed by atoms with Gasteiger partial charge in [-0.3, -0.25) is 9.59 Å². The summed E-state index contributed by atoms with van der Waals surface area (Å²) < 4.78 is 33.7. The molecule has 9 nitrogen and oxygen atoms in total. The van der Waals surface area contributed by atoms with E-state index in [0.29, 0.717) is 23.9 Å². The minimum atomic E-state index is -2.12. The van der Waals surface area contributed by atoms with E-state index in [9.17, 15) is 9.59 Å². The zero-order valence-electron chi connectivity index (χ0n) is 22.9. The molecule has 0 radical (unpaired) electrons. The van der Waals surface area contributed by atoms with Crippen molar-refractivity contribution in [2.75, 3.05) is 47.5 Å². The lowest BCUT2D eigenvalue weighted by Crippen LogP contribution is -2.43. The van der Waals surface area contributed by atoms with Crippen LogP contribution in [0.3, 0.4) is 0 Å². The van der Waals surface area contributed by atoms with Crippen molar-refractivity contribution in [2.45, 2.75) is 64.2 Å². The van der Waals surface area contributed by atoms with Gasteiger partial charge in [-0.25, -0.2) is 0 Å². The Morgan fingerprint density at radius 1 is 0.914 bits per heavy atom. The van der Waals surface area contributed by atoms with Gasteiger partial charge in [-0.2, -0.15) is 0 Å². The third-order valence-corrected chi connectivity index (χ3v) is 11.8. The van der Waals surface area contributed by atoms with Crippen LogP contribution in [0.25, 0.3) is 0 Å². The Bertz CT molecular complexity index is 925. The highest BCUT2D eigenvalue weighted by atomic mass is 28.4. The number of ether oxygens (including phenoxy) is 5. The third kappa shape index (κ3) is 5.53. The molecule has 0 fully saturated rings. The van der Waals surface area contributed by atoms with E-state index in [2.05, 4.69) is 39.2 Å². The van der Waals surface area contributed by atoms with E-state index in [4.69, 9.17) is 28.1 Å². The molecule has 0 saturated heterocycles. The Hall–Kier alpha value is -2.46. The number of anilines is 1. The molecule has 0 spiro atoms. The van der Waals surface area contributed by atoms with Crippen molar-refractivity contribution in [3.63, 3.8) is 0 Å². The lowest BCUT2D eigenvalue weighted by Gasteiger charge is -2.37. The van der Waals surface area contributed by atoms with Crippen LogP contribution in [0, 0.1) is 12.8 Å². The molecule has 2 atom stereocenters. The molecule has 2 unspecified atom stereocenters. The standard InChI is InChI=1S/C25H41NO8Si/c1-14-20(29-5)19-18(22(31-7)21(14)30-6)16(13-34-35(10,11)25(2,3)4)17(26-19)12-15(23(27)32-8)24(28)33-9/h15-17,26H,12-13H2,1-11H3. The van der Waals surface area contributed by atoms with Crippen LogP contribution in [0.4, 0.5) is 5.69 Å². The molecule has 1 aromatic carbocycles. The van der Waals surface area contributed by atoms with Crippen LogP contribution in [0.5, 0.6) is 17.2 Å². The highest BCUT2D eigenvalue weighted by molar-refractivity contribution is 6.74. The minimum absolute atomic E-state index is 0.00463. The number of rotatable bonds is 10. The minimum Gasteiger partial charge on any atom is -0.494 e. The van der Waals surface area contributed by atoms with E-state index in [1.54, 1.807) is 21.3 Å². The van der Waals surface area contributed by atoms with Gasteiger partial charge in [-0.05, 0) is 31.5 Å². The fourth-order valence-corrected chi connectivity index (χ4v) is 5.30. The second kappa shape index (κ2) is 11.1. The van der Waals surface area contributed by atoms with Crippen LogP contribution < -0.4 is 19.5 Å². The van der Waals surface area contributed by atoms with Gasteiger partial charge < -0.3 is 33.4 Å². The molecule has 1 aliphatic rings. The first-order valence-corrected chi connectivity index (χ1v) is 14.6. The Labute approximate surface area is 209 Å². The van der Waals surface area contributed by atoms with Gasteiger partial charge in [0.2, 0.25) is 0 Å². The predicted molar refractivity (Wildman–Crippen MR) is 136 cm³/mol. The molecule has 0 amide bonds. The molecule has 1 heterocycles. The average molecular weight is 512 g/mol. The lowest BCUT2D eigenvalue weighted by atomic mass is 9.88. The maximum Gasteiger partial charge on any atom is 0.320 e. The second-order valence-corrected chi connectivity index (χ2v) is 15.1. The van der Waals surface area contributed by atoms with E-state index < -0.39 is 26.2 Å². The molecule has 0 saturated carbocycles. The molecule has 0 aliphatic carbocycles. The molecule has 1 aliphatic heterocycles. The summed E-state index contributed by atoms with van der Waals surface area (Å²) in [4.78, 5) is 25.0. The van der Waals surface area contributed by atoms with Gasteiger partial charge in [-0.15, -0.1) is 0 Å². The van der Waals surface area contributed by atoms with Gasteiger partial charge in [0.15, 0.2) is 25.7 Å². The van der Waals surface area contributed by atoms with Crippen molar-refractivity contribution >= 4 is 25.9 Å². The quantitative estimate of drug-likeness (QED) is 0.280. The van der Waals surface area contributed by atoms with E-state index in [1.165, 1.54) is 14.2 Å². The van der Waals surface area contributed by atoms with Crippen LogP contribution in [-0.4, -0.2) is 68.5 Å². The summed E-state index contributed by atoms with van der Waals surface area (Å²) in [6.07, 6.45) is 0.146. The number of hydrogen-bond acceptors (Lipinski definition) is 9. The van der Waals surface area contributed by atoms with Crippen LogP contribution in [0.2, 0.25) is 18.1 Å². The molecule has 2 rings (SSSR count). The van der Waals surface area contributed by atoms with Gasteiger partial charge in [0.25, 0.3) is 0 Å². The maximum absolute atomic E-state index is 12.5. The van der Waals surface area contributed by atoms with Crippen molar-refractivity contribution in [1.29, 1.82) is 0 Å². The molecular weight excluding hydrogens is 470 g/mol. The largest absolute Gasteiger partial charge is 0.494 e. The summed E-state index contributed by atoms with van der Waals surface area (Å²) in [6, 6.07) is -0.354. The van der Waals surface area contributed by atoms with Gasteiger partial charge in [-0.1, -0.05) is 20.8 Å².